The molecule has 0 amide bonds. The Morgan fingerprint density at radius 2 is 2.35 bits per heavy atom. The number of rotatable bonds is 4. The van der Waals surface area contributed by atoms with E-state index in [2.05, 4.69) is 18.0 Å². The molecule has 0 aliphatic carbocycles. The number of nitrogens with zero attached hydrogens (tertiary/aromatic N) is 2. The molecule has 106 valence electrons. The first-order chi connectivity index (χ1) is 9.81. The highest BCUT2D eigenvalue weighted by atomic mass is 16.5. The van der Waals surface area contributed by atoms with Gasteiger partial charge in [-0.3, -0.25) is 0 Å². The van der Waals surface area contributed by atoms with Crippen LogP contribution in [-0.4, -0.2) is 21.3 Å². The number of fused-ring (bicyclic) bond motifs is 1. The quantitative estimate of drug-likeness (QED) is 0.931. The second-order valence-corrected chi connectivity index (χ2v) is 5.20. The van der Waals surface area contributed by atoms with Crippen LogP contribution in [0.25, 0.3) is 0 Å². The number of ether oxygens (including phenoxy) is 1. The summed E-state index contributed by atoms with van der Waals surface area (Å²) in [5, 5.41) is 10.7. The fraction of sp³-hybridized carbons (Fsp3) is 0.438. The van der Waals surface area contributed by atoms with Crippen LogP contribution in [0, 0.1) is 0 Å². The standard InChI is InChI=1S/C16H20N2O2/c1-2-8-18-11-17-10-14(18)15(19)13-7-3-5-12-6-4-9-20-16(12)13/h3,5,7,10-11,15,19H,2,4,6,8-9H2,1H3. The molecular weight excluding hydrogens is 252 g/mol. The monoisotopic (exact) mass is 272 g/mol. The van der Waals surface area contributed by atoms with E-state index >= 15 is 0 Å². The molecule has 0 fully saturated rings. The number of aryl methyl sites for hydroxylation is 2. The Bertz CT molecular complexity index is 592. The lowest BCUT2D eigenvalue weighted by Gasteiger charge is -2.23. The lowest BCUT2D eigenvalue weighted by atomic mass is 9.98. The molecule has 4 nitrogen and oxygen atoms in total. The smallest absolute Gasteiger partial charge is 0.128 e. The summed E-state index contributed by atoms with van der Waals surface area (Å²) in [4.78, 5) is 4.16. The Labute approximate surface area is 119 Å². The zero-order valence-corrected chi connectivity index (χ0v) is 11.7. The van der Waals surface area contributed by atoms with Crippen LogP contribution in [-0.2, 0) is 13.0 Å². The van der Waals surface area contributed by atoms with E-state index in [1.165, 1.54) is 5.56 Å². The molecule has 1 N–H and O–H groups in total. The summed E-state index contributed by atoms with van der Waals surface area (Å²) < 4.78 is 7.79. The molecule has 3 rings (SSSR count). The zero-order chi connectivity index (χ0) is 13.9. The third-order valence-electron chi connectivity index (χ3n) is 3.75. The van der Waals surface area contributed by atoms with Gasteiger partial charge in [-0.15, -0.1) is 0 Å². The molecule has 0 saturated heterocycles. The summed E-state index contributed by atoms with van der Waals surface area (Å²) in [5.41, 5.74) is 2.86. The maximum absolute atomic E-state index is 10.7. The predicted octanol–water partition coefficient (Wildman–Crippen LogP) is 2.70. The van der Waals surface area contributed by atoms with E-state index in [0.29, 0.717) is 0 Å². The molecule has 0 radical (unpaired) electrons. The molecule has 1 atom stereocenters. The normalized spacial score (nSPS) is 15.5. The third-order valence-corrected chi connectivity index (χ3v) is 3.75. The number of aliphatic hydroxyl groups is 1. The third kappa shape index (κ3) is 2.31. The van der Waals surface area contributed by atoms with Crippen LogP contribution >= 0.6 is 0 Å². The number of para-hydroxylation sites is 1. The van der Waals surface area contributed by atoms with Gasteiger partial charge in [0.05, 0.1) is 24.8 Å². The summed E-state index contributed by atoms with van der Waals surface area (Å²) in [5.74, 6) is 0.857. The molecule has 1 aliphatic rings. The van der Waals surface area contributed by atoms with E-state index in [-0.39, 0.29) is 0 Å². The average Bonchev–Trinajstić information content (AvgIpc) is 2.94. The highest BCUT2D eigenvalue weighted by molar-refractivity contribution is 5.46. The van der Waals surface area contributed by atoms with Gasteiger partial charge in [0.25, 0.3) is 0 Å². The molecule has 0 saturated carbocycles. The molecule has 0 spiro atoms. The Kier molecular flexibility index (Phi) is 3.74. The first-order valence-corrected chi connectivity index (χ1v) is 7.24. The zero-order valence-electron chi connectivity index (χ0n) is 11.7. The number of benzene rings is 1. The van der Waals surface area contributed by atoms with E-state index in [9.17, 15) is 5.11 Å². The minimum absolute atomic E-state index is 0.683. The van der Waals surface area contributed by atoms with Crippen molar-refractivity contribution in [2.75, 3.05) is 6.61 Å². The molecule has 2 aromatic rings. The Morgan fingerprint density at radius 3 is 3.20 bits per heavy atom. The van der Waals surface area contributed by atoms with Crippen molar-refractivity contribution in [3.05, 3.63) is 47.5 Å². The number of hydrogen-bond donors (Lipinski definition) is 1. The minimum Gasteiger partial charge on any atom is -0.493 e. The van der Waals surface area contributed by atoms with Crippen molar-refractivity contribution in [3.63, 3.8) is 0 Å². The average molecular weight is 272 g/mol. The van der Waals surface area contributed by atoms with Gasteiger partial charge in [0.2, 0.25) is 0 Å². The molecule has 20 heavy (non-hydrogen) atoms. The minimum atomic E-state index is -0.683. The maximum atomic E-state index is 10.7. The molecule has 1 aliphatic heterocycles. The van der Waals surface area contributed by atoms with Crippen molar-refractivity contribution in [2.45, 2.75) is 38.8 Å². The largest absolute Gasteiger partial charge is 0.493 e. The molecular formula is C16H20N2O2. The van der Waals surface area contributed by atoms with Crippen molar-refractivity contribution in [1.82, 2.24) is 9.55 Å². The second-order valence-electron chi connectivity index (χ2n) is 5.20. The van der Waals surface area contributed by atoms with Gasteiger partial charge >= 0.3 is 0 Å². The second kappa shape index (κ2) is 5.67. The summed E-state index contributed by atoms with van der Waals surface area (Å²) in [6.07, 6.45) is 5.90. The number of aliphatic hydroxyl groups excluding tert-OH is 1. The summed E-state index contributed by atoms with van der Waals surface area (Å²) in [7, 11) is 0. The van der Waals surface area contributed by atoms with Gasteiger partial charge in [0.1, 0.15) is 11.9 Å². The van der Waals surface area contributed by atoms with Crippen LogP contribution in [0.4, 0.5) is 0 Å². The van der Waals surface area contributed by atoms with Gasteiger partial charge < -0.3 is 14.4 Å². The van der Waals surface area contributed by atoms with Crippen molar-refractivity contribution in [2.24, 2.45) is 0 Å². The van der Waals surface area contributed by atoms with Crippen LogP contribution < -0.4 is 4.74 Å². The number of imidazole rings is 1. The topological polar surface area (TPSA) is 47.3 Å². The molecule has 4 heteroatoms. The molecule has 1 unspecified atom stereocenters. The highest BCUT2D eigenvalue weighted by Gasteiger charge is 2.22. The first kappa shape index (κ1) is 13.2. The fourth-order valence-electron chi connectivity index (χ4n) is 2.78. The van der Waals surface area contributed by atoms with Crippen molar-refractivity contribution in [3.8, 4) is 5.75 Å². The van der Waals surface area contributed by atoms with Crippen molar-refractivity contribution >= 4 is 0 Å². The van der Waals surface area contributed by atoms with E-state index < -0.39 is 6.10 Å². The highest BCUT2D eigenvalue weighted by Crippen LogP contribution is 2.35. The van der Waals surface area contributed by atoms with Crippen molar-refractivity contribution in [1.29, 1.82) is 0 Å². The Morgan fingerprint density at radius 1 is 1.45 bits per heavy atom. The van der Waals surface area contributed by atoms with Gasteiger partial charge in [-0.1, -0.05) is 25.1 Å². The van der Waals surface area contributed by atoms with Crippen LogP contribution in [0.15, 0.2) is 30.7 Å². The maximum Gasteiger partial charge on any atom is 0.128 e. The van der Waals surface area contributed by atoms with E-state index in [1.54, 1.807) is 12.5 Å². The first-order valence-electron chi connectivity index (χ1n) is 7.24. The Hall–Kier alpha value is -1.81. The van der Waals surface area contributed by atoms with Gasteiger partial charge in [-0.2, -0.15) is 0 Å². The van der Waals surface area contributed by atoms with E-state index in [4.69, 9.17) is 4.74 Å². The summed E-state index contributed by atoms with van der Waals surface area (Å²) in [6, 6.07) is 6.01. The lowest BCUT2D eigenvalue weighted by Crippen LogP contribution is -2.14. The number of aromatic nitrogens is 2. The van der Waals surface area contributed by atoms with E-state index in [0.717, 1.165) is 49.4 Å². The van der Waals surface area contributed by atoms with Crippen LogP contribution in [0.3, 0.4) is 0 Å². The van der Waals surface area contributed by atoms with Crippen LogP contribution in [0.2, 0.25) is 0 Å². The van der Waals surface area contributed by atoms with E-state index in [1.807, 2.05) is 16.7 Å². The molecule has 2 heterocycles. The summed E-state index contributed by atoms with van der Waals surface area (Å²) in [6.45, 7) is 3.71. The number of hydrogen-bond acceptors (Lipinski definition) is 3. The van der Waals surface area contributed by atoms with Gasteiger partial charge in [0, 0.05) is 12.1 Å². The molecule has 1 aromatic heterocycles. The van der Waals surface area contributed by atoms with Gasteiger partial charge in [-0.25, -0.2) is 4.98 Å². The summed E-state index contributed by atoms with van der Waals surface area (Å²) >= 11 is 0. The van der Waals surface area contributed by atoms with Crippen LogP contribution in [0.5, 0.6) is 5.75 Å². The van der Waals surface area contributed by atoms with Crippen molar-refractivity contribution < 1.29 is 9.84 Å². The predicted molar refractivity (Wildman–Crippen MR) is 76.8 cm³/mol. The lowest BCUT2D eigenvalue weighted by molar-refractivity contribution is 0.197. The van der Waals surface area contributed by atoms with Gasteiger partial charge in [-0.05, 0) is 24.8 Å². The Balaban J connectivity index is 1.98. The molecule has 1 aromatic carbocycles. The van der Waals surface area contributed by atoms with Crippen LogP contribution in [0.1, 0.15) is 42.7 Å². The molecule has 0 bridgehead atoms. The SMILES string of the molecule is CCCn1cncc1C(O)c1cccc2c1OCCC2. The van der Waals surface area contributed by atoms with Gasteiger partial charge in [0.15, 0.2) is 0 Å². The fourth-order valence-corrected chi connectivity index (χ4v) is 2.78.